The van der Waals surface area contributed by atoms with Gasteiger partial charge >= 0.3 is 0 Å². The van der Waals surface area contributed by atoms with Crippen LogP contribution in [0.25, 0.3) is 18.8 Å². The van der Waals surface area contributed by atoms with Crippen LogP contribution < -0.4 is 22.2 Å². The van der Waals surface area contributed by atoms with E-state index in [0.717, 1.165) is 31.8 Å². The molecule has 0 atom stereocenters. The molecular weight excluding hydrogens is 380 g/mol. The molecule has 0 saturated carbocycles. The van der Waals surface area contributed by atoms with Crippen LogP contribution in [0.2, 0.25) is 0 Å². The summed E-state index contributed by atoms with van der Waals surface area (Å²) >= 11 is 1.61. The first-order valence-corrected chi connectivity index (χ1v) is 9.45. The third-order valence-electron chi connectivity index (χ3n) is 3.67. The molecule has 0 aliphatic rings. The smallest absolute Gasteiger partial charge is 0.272 e. The largest absolute Gasteiger partial charge is 0.389 e. The average molecular weight is 398 g/mol. The summed E-state index contributed by atoms with van der Waals surface area (Å²) in [5.41, 5.74) is -4.87. The van der Waals surface area contributed by atoms with Crippen molar-refractivity contribution < 1.29 is 10.2 Å². The summed E-state index contributed by atoms with van der Waals surface area (Å²) in [4.78, 5) is 50.2. The van der Waals surface area contributed by atoms with E-state index < -0.39 is 33.4 Å². The SMILES string of the molecule is CC(C)(O)Cn1c(=O)c2sc3c(=O)n(CC(C)(C)O)c(=O)c3sc2c1=O. The highest BCUT2D eigenvalue weighted by Gasteiger charge is 2.25. The van der Waals surface area contributed by atoms with E-state index in [2.05, 4.69) is 0 Å². The van der Waals surface area contributed by atoms with E-state index in [1.165, 1.54) is 27.7 Å². The fourth-order valence-electron chi connectivity index (χ4n) is 2.69. The van der Waals surface area contributed by atoms with Crippen molar-refractivity contribution in [3.63, 3.8) is 0 Å². The minimum absolute atomic E-state index is 0.0919. The molecule has 3 aromatic heterocycles. The third-order valence-corrected chi connectivity index (χ3v) is 6.26. The molecule has 0 radical (unpaired) electrons. The second-order valence-electron chi connectivity index (χ2n) is 7.54. The quantitative estimate of drug-likeness (QED) is 0.645. The van der Waals surface area contributed by atoms with E-state index >= 15 is 0 Å². The van der Waals surface area contributed by atoms with E-state index in [1.807, 2.05) is 0 Å². The maximum Gasteiger partial charge on any atom is 0.272 e. The summed E-state index contributed by atoms with van der Waals surface area (Å²) < 4.78 is 2.22. The van der Waals surface area contributed by atoms with Crippen LogP contribution in [-0.4, -0.2) is 30.5 Å². The molecule has 3 rings (SSSR count). The van der Waals surface area contributed by atoms with E-state index in [0.29, 0.717) is 0 Å². The molecule has 10 heteroatoms. The van der Waals surface area contributed by atoms with Crippen molar-refractivity contribution in [2.75, 3.05) is 0 Å². The second kappa shape index (κ2) is 5.81. The van der Waals surface area contributed by atoms with Gasteiger partial charge in [0.25, 0.3) is 22.2 Å². The first kappa shape index (κ1) is 18.9. The maximum absolute atomic E-state index is 12.5. The van der Waals surface area contributed by atoms with Crippen LogP contribution in [0, 0.1) is 0 Å². The monoisotopic (exact) mass is 398 g/mol. The molecule has 2 N–H and O–H groups in total. The Morgan fingerprint density at radius 1 is 0.654 bits per heavy atom. The zero-order valence-corrected chi connectivity index (χ0v) is 16.3. The molecule has 3 heterocycles. The molecule has 0 aliphatic heterocycles. The molecule has 0 unspecified atom stereocenters. The summed E-state index contributed by atoms with van der Waals surface area (Å²) in [6.45, 7) is 5.54. The van der Waals surface area contributed by atoms with Crippen molar-refractivity contribution in [3.8, 4) is 0 Å². The van der Waals surface area contributed by atoms with Gasteiger partial charge in [0, 0.05) is 0 Å². The predicted molar refractivity (Wildman–Crippen MR) is 102 cm³/mol. The van der Waals surface area contributed by atoms with Gasteiger partial charge in [0.15, 0.2) is 0 Å². The number of rotatable bonds is 4. The maximum atomic E-state index is 12.5. The minimum atomic E-state index is -1.26. The molecule has 140 valence electrons. The Hall–Kier alpha value is -1.88. The Morgan fingerprint density at radius 3 is 1.08 bits per heavy atom. The molecule has 0 aliphatic carbocycles. The molecule has 0 bridgehead atoms. The number of aliphatic hydroxyl groups is 2. The van der Waals surface area contributed by atoms with Gasteiger partial charge in [-0.05, 0) is 27.7 Å². The van der Waals surface area contributed by atoms with Crippen LogP contribution in [0.15, 0.2) is 19.2 Å². The van der Waals surface area contributed by atoms with Crippen LogP contribution in [0.3, 0.4) is 0 Å². The minimum Gasteiger partial charge on any atom is -0.389 e. The van der Waals surface area contributed by atoms with Crippen molar-refractivity contribution in [2.24, 2.45) is 0 Å². The molecule has 8 nitrogen and oxygen atoms in total. The highest BCUT2D eigenvalue weighted by Crippen LogP contribution is 2.26. The summed E-state index contributed by atoms with van der Waals surface area (Å²) in [5, 5.41) is 19.8. The first-order valence-electron chi connectivity index (χ1n) is 7.81. The summed E-state index contributed by atoms with van der Waals surface area (Å²) in [5.74, 6) is 0. The normalized spacial score (nSPS) is 13.2. The van der Waals surface area contributed by atoms with Gasteiger partial charge in [0.1, 0.15) is 18.8 Å². The molecule has 26 heavy (non-hydrogen) atoms. The molecular formula is C16H18N2O6S2. The number of hydrogen-bond donors (Lipinski definition) is 2. The third kappa shape index (κ3) is 3.13. The highest BCUT2D eigenvalue weighted by atomic mass is 32.1. The van der Waals surface area contributed by atoms with Crippen LogP contribution in [-0.2, 0) is 13.1 Å². The van der Waals surface area contributed by atoms with Crippen LogP contribution in [0.5, 0.6) is 0 Å². The standard InChI is InChI=1S/C16H18N2O6S2/c1-15(2,23)5-17-11(19)7-8(12(17)20)26-10-9(25-7)13(21)18(14(10)22)6-16(3,4)24/h23-24H,5-6H2,1-4H3. The van der Waals surface area contributed by atoms with E-state index in [-0.39, 0.29) is 31.9 Å². The predicted octanol–water partition coefficient (Wildman–Crippen LogP) is 0.139. The van der Waals surface area contributed by atoms with Gasteiger partial charge in [-0.25, -0.2) is 0 Å². The van der Waals surface area contributed by atoms with E-state index in [4.69, 9.17) is 0 Å². The highest BCUT2D eigenvalue weighted by molar-refractivity contribution is 7.36. The lowest BCUT2D eigenvalue weighted by Gasteiger charge is -2.16. The van der Waals surface area contributed by atoms with Gasteiger partial charge in [0.2, 0.25) is 0 Å². The van der Waals surface area contributed by atoms with Crippen LogP contribution in [0.4, 0.5) is 0 Å². The topological polar surface area (TPSA) is 119 Å². The first-order chi connectivity index (χ1) is 11.8. The number of aromatic nitrogens is 2. The fourth-order valence-corrected chi connectivity index (χ4v) is 5.11. The summed E-state index contributed by atoms with van der Waals surface area (Å²) in [6.07, 6.45) is 0. The Morgan fingerprint density at radius 2 is 0.885 bits per heavy atom. The average Bonchev–Trinajstić information content (AvgIpc) is 2.85. The number of nitrogens with zero attached hydrogens (tertiary/aromatic N) is 2. The van der Waals surface area contributed by atoms with Crippen molar-refractivity contribution in [2.45, 2.75) is 52.0 Å². The molecule has 0 spiro atoms. The molecule has 3 aromatic rings. The van der Waals surface area contributed by atoms with Crippen molar-refractivity contribution in [3.05, 3.63) is 41.4 Å². The number of hydrogen-bond acceptors (Lipinski definition) is 8. The van der Waals surface area contributed by atoms with Gasteiger partial charge in [-0.2, -0.15) is 0 Å². The van der Waals surface area contributed by atoms with Crippen molar-refractivity contribution >= 4 is 41.5 Å². The number of fused-ring (bicyclic) bond motifs is 2. The lowest BCUT2D eigenvalue weighted by Crippen LogP contribution is -2.36. The Labute approximate surface area is 154 Å². The van der Waals surface area contributed by atoms with E-state index in [9.17, 15) is 29.4 Å². The van der Waals surface area contributed by atoms with Gasteiger partial charge < -0.3 is 10.2 Å². The van der Waals surface area contributed by atoms with Crippen LogP contribution >= 0.6 is 22.7 Å². The summed E-state index contributed by atoms with van der Waals surface area (Å²) in [7, 11) is 0. The van der Waals surface area contributed by atoms with Gasteiger partial charge in [-0.3, -0.25) is 28.3 Å². The van der Waals surface area contributed by atoms with E-state index in [1.54, 1.807) is 0 Å². The van der Waals surface area contributed by atoms with Gasteiger partial charge in [-0.1, -0.05) is 0 Å². The Balaban J connectivity index is 2.35. The zero-order valence-electron chi connectivity index (χ0n) is 14.7. The lowest BCUT2D eigenvalue weighted by atomic mass is 10.1. The lowest BCUT2D eigenvalue weighted by molar-refractivity contribution is 0.0594. The summed E-state index contributed by atoms with van der Waals surface area (Å²) in [6, 6.07) is 0. The Kier molecular flexibility index (Phi) is 4.22. The molecule has 0 aromatic carbocycles. The van der Waals surface area contributed by atoms with Gasteiger partial charge in [0.05, 0.1) is 24.3 Å². The van der Waals surface area contributed by atoms with Crippen molar-refractivity contribution in [1.82, 2.24) is 9.13 Å². The van der Waals surface area contributed by atoms with Gasteiger partial charge in [-0.15, -0.1) is 22.7 Å². The Bertz CT molecular complexity index is 1060. The fraction of sp³-hybridized carbons (Fsp3) is 0.500. The molecule has 0 saturated heterocycles. The second-order valence-corrected chi connectivity index (χ2v) is 9.58. The van der Waals surface area contributed by atoms with Crippen molar-refractivity contribution in [1.29, 1.82) is 0 Å². The molecule has 0 amide bonds. The molecule has 0 fully saturated rings. The van der Waals surface area contributed by atoms with Crippen LogP contribution in [0.1, 0.15) is 27.7 Å². The zero-order chi connectivity index (χ0) is 19.6.